The second-order valence-corrected chi connectivity index (χ2v) is 6.56. The zero-order valence-electron chi connectivity index (χ0n) is 17.0. The number of nitrogens with one attached hydrogen (secondary N) is 1. The normalized spacial score (nSPS) is 11.7. The highest BCUT2D eigenvalue weighted by atomic mass is 16.5. The van der Waals surface area contributed by atoms with Gasteiger partial charge in [0.15, 0.2) is 6.10 Å². The topological polar surface area (TPSA) is 129 Å². The van der Waals surface area contributed by atoms with Crippen molar-refractivity contribution in [3.63, 3.8) is 0 Å². The lowest BCUT2D eigenvalue weighted by Crippen LogP contribution is -2.25. The number of carbonyl (C=O) groups is 3. The van der Waals surface area contributed by atoms with Crippen LogP contribution in [0, 0.1) is 13.8 Å². The van der Waals surface area contributed by atoms with E-state index < -0.39 is 23.8 Å². The Labute approximate surface area is 172 Å². The molecule has 10 heteroatoms. The fraction of sp³-hybridized carbons (Fsp3) is 0.300. The molecule has 0 aliphatic carbocycles. The minimum atomic E-state index is -1.05. The van der Waals surface area contributed by atoms with Crippen LogP contribution >= 0.6 is 0 Å². The standard InChI is InChI=1S/C20H21N5O5/c1-5-29-20(28)16-11(2)17(22-12(16)3)18(26)13(4)30-19(27)14-6-8-15(9-7-14)25-10-21-23-24-25/h6-10,13,22H,5H2,1-4H3/t13-/m1/s1. The molecule has 10 nitrogen and oxygen atoms in total. The number of nitrogens with zero attached hydrogens (tertiary/aromatic N) is 4. The summed E-state index contributed by atoms with van der Waals surface area (Å²) in [7, 11) is 0. The molecule has 0 spiro atoms. The third-order valence-electron chi connectivity index (χ3n) is 4.53. The van der Waals surface area contributed by atoms with Crippen molar-refractivity contribution in [1.29, 1.82) is 0 Å². The molecule has 0 amide bonds. The highest BCUT2D eigenvalue weighted by Gasteiger charge is 2.27. The average Bonchev–Trinajstić information content (AvgIpc) is 3.36. The van der Waals surface area contributed by atoms with Gasteiger partial charge in [-0.1, -0.05) is 0 Å². The van der Waals surface area contributed by atoms with Crippen molar-refractivity contribution >= 4 is 17.7 Å². The molecule has 0 aliphatic rings. The number of ether oxygens (including phenoxy) is 2. The molecular weight excluding hydrogens is 390 g/mol. The summed E-state index contributed by atoms with van der Waals surface area (Å²) in [5, 5.41) is 10.9. The first-order valence-corrected chi connectivity index (χ1v) is 9.28. The van der Waals surface area contributed by atoms with Crippen LogP contribution in [0.25, 0.3) is 5.69 Å². The van der Waals surface area contributed by atoms with Crippen LogP contribution in [0.5, 0.6) is 0 Å². The molecule has 0 saturated carbocycles. The smallest absolute Gasteiger partial charge is 0.340 e. The molecular formula is C20H21N5O5. The Morgan fingerprint density at radius 3 is 2.43 bits per heavy atom. The molecule has 30 heavy (non-hydrogen) atoms. The number of Topliss-reactive ketones (excluding diaryl/α,β-unsaturated/α-hetero) is 1. The fourth-order valence-corrected chi connectivity index (χ4v) is 3.02. The van der Waals surface area contributed by atoms with Crippen molar-refractivity contribution in [3.8, 4) is 5.69 Å². The van der Waals surface area contributed by atoms with Crippen LogP contribution in [-0.4, -0.2) is 55.6 Å². The first kappa shape index (κ1) is 20.9. The van der Waals surface area contributed by atoms with E-state index in [2.05, 4.69) is 20.5 Å². The SMILES string of the molecule is CCOC(=O)c1c(C)[nH]c(C(=O)[C@@H](C)OC(=O)c2ccc(-n3cnnn3)cc2)c1C. The average molecular weight is 411 g/mol. The van der Waals surface area contributed by atoms with E-state index in [9.17, 15) is 14.4 Å². The van der Waals surface area contributed by atoms with Gasteiger partial charge in [-0.3, -0.25) is 4.79 Å². The maximum Gasteiger partial charge on any atom is 0.340 e. The maximum atomic E-state index is 12.8. The van der Waals surface area contributed by atoms with Gasteiger partial charge in [-0.2, -0.15) is 0 Å². The van der Waals surface area contributed by atoms with Crippen LogP contribution in [-0.2, 0) is 9.47 Å². The minimum absolute atomic E-state index is 0.213. The highest BCUT2D eigenvalue weighted by molar-refractivity contribution is 6.04. The lowest BCUT2D eigenvalue weighted by molar-refractivity contribution is 0.0316. The van der Waals surface area contributed by atoms with E-state index in [0.29, 0.717) is 22.5 Å². The Morgan fingerprint density at radius 1 is 1.13 bits per heavy atom. The zero-order valence-corrected chi connectivity index (χ0v) is 17.0. The van der Waals surface area contributed by atoms with Gasteiger partial charge in [-0.25, -0.2) is 14.3 Å². The monoisotopic (exact) mass is 411 g/mol. The van der Waals surface area contributed by atoms with Gasteiger partial charge < -0.3 is 14.5 Å². The van der Waals surface area contributed by atoms with Gasteiger partial charge in [-0.15, -0.1) is 5.10 Å². The first-order chi connectivity index (χ1) is 14.3. The van der Waals surface area contributed by atoms with Gasteiger partial charge in [0.1, 0.15) is 6.33 Å². The number of rotatable bonds is 7. The Kier molecular flexibility index (Phi) is 6.05. The van der Waals surface area contributed by atoms with Crippen LogP contribution in [0.1, 0.15) is 56.3 Å². The number of esters is 2. The Balaban J connectivity index is 1.72. The van der Waals surface area contributed by atoms with Crippen LogP contribution in [0.2, 0.25) is 0 Å². The molecule has 0 fully saturated rings. The zero-order chi connectivity index (χ0) is 21.8. The Bertz CT molecular complexity index is 1070. The number of H-pyrrole nitrogens is 1. The molecule has 0 saturated heterocycles. The van der Waals surface area contributed by atoms with Crippen LogP contribution < -0.4 is 0 Å². The molecule has 1 N–H and O–H groups in total. The number of tetrazole rings is 1. The van der Waals surface area contributed by atoms with Gasteiger partial charge in [0.2, 0.25) is 5.78 Å². The molecule has 2 heterocycles. The van der Waals surface area contributed by atoms with Gasteiger partial charge in [0.05, 0.1) is 29.1 Å². The summed E-state index contributed by atoms with van der Waals surface area (Å²) < 4.78 is 11.8. The highest BCUT2D eigenvalue weighted by Crippen LogP contribution is 2.21. The van der Waals surface area contributed by atoms with E-state index in [1.165, 1.54) is 17.9 Å². The predicted octanol–water partition coefficient (Wildman–Crippen LogP) is 2.21. The predicted molar refractivity (Wildman–Crippen MR) is 105 cm³/mol. The summed E-state index contributed by atoms with van der Waals surface area (Å²) in [6.45, 7) is 6.74. The number of aromatic amines is 1. The summed E-state index contributed by atoms with van der Waals surface area (Å²) >= 11 is 0. The molecule has 1 atom stereocenters. The largest absolute Gasteiger partial charge is 0.462 e. The Hall–Kier alpha value is -3.82. The summed E-state index contributed by atoms with van der Waals surface area (Å²) in [6.07, 6.45) is 0.378. The first-order valence-electron chi connectivity index (χ1n) is 9.28. The third kappa shape index (κ3) is 4.12. The second kappa shape index (κ2) is 8.68. The van der Waals surface area contributed by atoms with E-state index in [-0.39, 0.29) is 17.9 Å². The van der Waals surface area contributed by atoms with E-state index in [0.717, 1.165) is 0 Å². The molecule has 156 valence electrons. The minimum Gasteiger partial charge on any atom is -0.462 e. The molecule has 2 aromatic heterocycles. The van der Waals surface area contributed by atoms with Gasteiger partial charge in [0.25, 0.3) is 0 Å². The Morgan fingerprint density at radius 2 is 1.83 bits per heavy atom. The summed E-state index contributed by atoms with van der Waals surface area (Å²) in [4.78, 5) is 40.3. The van der Waals surface area contributed by atoms with Crippen LogP contribution in [0.4, 0.5) is 0 Å². The number of carbonyl (C=O) groups excluding carboxylic acids is 3. The summed E-state index contributed by atoms with van der Waals surface area (Å²) in [5.74, 6) is -1.59. The molecule has 1 aromatic carbocycles. The molecule has 0 aliphatic heterocycles. The second-order valence-electron chi connectivity index (χ2n) is 6.56. The van der Waals surface area contributed by atoms with Crippen molar-refractivity contribution in [2.45, 2.75) is 33.8 Å². The van der Waals surface area contributed by atoms with Gasteiger partial charge in [-0.05, 0) is 68.0 Å². The molecule has 3 aromatic rings. The van der Waals surface area contributed by atoms with Crippen molar-refractivity contribution < 1.29 is 23.9 Å². The number of benzene rings is 1. The van der Waals surface area contributed by atoms with E-state index in [1.807, 2.05) is 0 Å². The van der Waals surface area contributed by atoms with E-state index >= 15 is 0 Å². The number of hydrogen-bond acceptors (Lipinski definition) is 8. The van der Waals surface area contributed by atoms with Crippen LogP contribution in [0.3, 0.4) is 0 Å². The van der Waals surface area contributed by atoms with Crippen molar-refractivity contribution in [2.75, 3.05) is 6.61 Å². The molecule has 3 rings (SSSR count). The summed E-state index contributed by atoms with van der Waals surface area (Å²) in [5.41, 5.74) is 2.46. The molecule has 0 bridgehead atoms. The number of aromatic nitrogens is 5. The summed E-state index contributed by atoms with van der Waals surface area (Å²) in [6, 6.07) is 6.42. The van der Waals surface area contributed by atoms with E-state index in [1.54, 1.807) is 45.0 Å². The fourth-order valence-electron chi connectivity index (χ4n) is 3.02. The van der Waals surface area contributed by atoms with Crippen molar-refractivity contribution in [2.24, 2.45) is 0 Å². The van der Waals surface area contributed by atoms with E-state index in [4.69, 9.17) is 9.47 Å². The number of hydrogen-bond donors (Lipinski definition) is 1. The molecule has 0 radical (unpaired) electrons. The lowest BCUT2D eigenvalue weighted by atomic mass is 10.1. The molecule has 0 unspecified atom stereocenters. The maximum absolute atomic E-state index is 12.8. The number of aryl methyl sites for hydroxylation is 1. The van der Waals surface area contributed by atoms with Gasteiger partial charge in [0, 0.05) is 5.69 Å². The van der Waals surface area contributed by atoms with Crippen LogP contribution in [0.15, 0.2) is 30.6 Å². The lowest BCUT2D eigenvalue weighted by Gasteiger charge is -2.12. The van der Waals surface area contributed by atoms with Crippen molar-refractivity contribution in [3.05, 3.63) is 58.7 Å². The van der Waals surface area contributed by atoms with Gasteiger partial charge >= 0.3 is 11.9 Å². The van der Waals surface area contributed by atoms with Crippen molar-refractivity contribution in [1.82, 2.24) is 25.2 Å². The number of ketones is 1. The third-order valence-corrected chi connectivity index (χ3v) is 4.53. The quantitative estimate of drug-likeness (QED) is 0.463.